The molecule has 104 valence electrons. The Morgan fingerprint density at radius 1 is 1.37 bits per heavy atom. The van der Waals surface area contributed by atoms with E-state index in [1.807, 2.05) is 0 Å². The van der Waals surface area contributed by atoms with Gasteiger partial charge in [0, 0.05) is 37.2 Å². The van der Waals surface area contributed by atoms with Crippen molar-refractivity contribution < 1.29 is 14.5 Å². The smallest absolute Gasteiger partial charge is 0.269 e. The van der Waals surface area contributed by atoms with Gasteiger partial charge >= 0.3 is 0 Å². The lowest BCUT2D eigenvalue weighted by Gasteiger charge is -2.16. The zero-order valence-corrected chi connectivity index (χ0v) is 11.3. The van der Waals surface area contributed by atoms with Crippen LogP contribution in [0.15, 0.2) is 24.3 Å². The summed E-state index contributed by atoms with van der Waals surface area (Å²) >= 11 is 5.46. The van der Waals surface area contributed by atoms with Gasteiger partial charge < -0.3 is 9.64 Å². The first-order chi connectivity index (χ1) is 9.06. The van der Waals surface area contributed by atoms with Crippen molar-refractivity contribution in [1.29, 1.82) is 0 Å². The fourth-order valence-corrected chi connectivity index (χ4v) is 1.51. The van der Waals surface area contributed by atoms with Crippen molar-refractivity contribution in [2.45, 2.75) is 0 Å². The lowest BCUT2D eigenvalue weighted by atomic mass is 10.2. The van der Waals surface area contributed by atoms with Gasteiger partial charge in [-0.05, 0) is 12.1 Å². The van der Waals surface area contributed by atoms with Crippen molar-refractivity contribution in [2.24, 2.45) is 0 Å². The van der Waals surface area contributed by atoms with Crippen LogP contribution in [-0.4, -0.2) is 48.4 Å². The van der Waals surface area contributed by atoms with Gasteiger partial charge in [-0.3, -0.25) is 14.9 Å². The Balaban J connectivity index is 2.54. The van der Waals surface area contributed by atoms with Gasteiger partial charge in [0.2, 0.25) is 0 Å². The van der Waals surface area contributed by atoms with E-state index in [0.29, 0.717) is 31.2 Å². The summed E-state index contributed by atoms with van der Waals surface area (Å²) in [6.07, 6.45) is 0. The van der Waals surface area contributed by atoms with E-state index in [-0.39, 0.29) is 11.6 Å². The van der Waals surface area contributed by atoms with Gasteiger partial charge in [0.15, 0.2) is 0 Å². The maximum atomic E-state index is 12.0. The predicted octanol–water partition coefficient (Wildman–Crippen LogP) is 1.92. The normalized spacial score (nSPS) is 10.2. The number of carbonyl (C=O) groups excluding carboxylic acids is 1. The molecule has 0 fully saturated rings. The van der Waals surface area contributed by atoms with E-state index < -0.39 is 4.92 Å². The van der Waals surface area contributed by atoms with Crippen LogP contribution < -0.4 is 0 Å². The summed E-state index contributed by atoms with van der Waals surface area (Å²) in [6, 6.07) is 5.50. The predicted molar refractivity (Wildman–Crippen MR) is 71.6 cm³/mol. The fraction of sp³-hybridized carbons (Fsp3) is 0.417. The summed E-state index contributed by atoms with van der Waals surface area (Å²) in [4.78, 5) is 23.5. The SMILES string of the molecule is CN(CCOCCCl)C(=O)c1ccc([N+](=O)[O-])cc1. The van der Waals surface area contributed by atoms with Crippen molar-refractivity contribution in [1.82, 2.24) is 4.90 Å². The lowest BCUT2D eigenvalue weighted by molar-refractivity contribution is -0.384. The minimum absolute atomic E-state index is 0.0374. The quantitative estimate of drug-likeness (QED) is 0.332. The second-order valence-electron chi connectivity index (χ2n) is 3.83. The molecule has 0 unspecified atom stereocenters. The molecule has 0 N–H and O–H groups in total. The van der Waals surface area contributed by atoms with Gasteiger partial charge in [0.25, 0.3) is 11.6 Å². The molecule has 0 spiro atoms. The molecule has 6 nitrogen and oxygen atoms in total. The van der Waals surface area contributed by atoms with Crippen LogP contribution in [-0.2, 0) is 4.74 Å². The number of nitro groups is 1. The Bertz CT molecular complexity index is 436. The highest BCUT2D eigenvalue weighted by Gasteiger charge is 2.13. The van der Waals surface area contributed by atoms with Gasteiger partial charge in [-0.2, -0.15) is 0 Å². The minimum atomic E-state index is -0.502. The summed E-state index contributed by atoms with van der Waals surface area (Å²) < 4.78 is 5.17. The number of likely N-dealkylation sites (N-methyl/N-ethyl adjacent to an activating group) is 1. The highest BCUT2D eigenvalue weighted by atomic mass is 35.5. The van der Waals surface area contributed by atoms with E-state index in [2.05, 4.69) is 0 Å². The van der Waals surface area contributed by atoms with E-state index >= 15 is 0 Å². The van der Waals surface area contributed by atoms with Crippen LogP contribution >= 0.6 is 11.6 Å². The number of non-ortho nitro benzene ring substituents is 1. The second kappa shape index (κ2) is 7.70. The van der Waals surface area contributed by atoms with E-state index in [0.717, 1.165) is 0 Å². The molecule has 0 bridgehead atoms. The standard InChI is InChI=1S/C12H15ClN2O4/c1-14(7-9-19-8-6-13)12(16)10-2-4-11(5-3-10)15(17)18/h2-5H,6-9H2,1H3. The molecule has 0 aliphatic heterocycles. The first kappa shape index (κ1) is 15.4. The molecule has 0 heterocycles. The molecule has 0 saturated carbocycles. The summed E-state index contributed by atoms with van der Waals surface area (Å²) in [5, 5.41) is 10.5. The molecular weight excluding hydrogens is 272 g/mol. The van der Waals surface area contributed by atoms with Crippen molar-refractivity contribution in [3.05, 3.63) is 39.9 Å². The molecule has 1 amide bonds. The Hall–Kier alpha value is -1.66. The molecule has 7 heteroatoms. The molecule has 0 aliphatic carbocycles. The molecule has 0 aliphatic rings. The number of alkyl halides is 1. The highest BCUT2D eigenvalue weighted by molar-refractivity contribution is 6.17. The molecule has 0 aromatic heterocycles. The number of halogens is 1. The van der Waals surface area contributed by atoms with Crippen molar-refractivity contribution in [3.8, 4) is 0 Å². The zero-order valence-electron chi connectivity index (χ0n) is 10.5. The number of benzene rings is 1. The van der Waals surface area contributed by atoms with Crippen LogP contribution in [0.4, 0.5) is 5.69 Å². The third-order valence-corrected chi connectivity index (χ3v) is 2.62. The van der Waals surface area contributed by atoms with Crippen molar-refractivity contribution >= 4 is 23.2 Å². The fourth-order valence-electron chi connectivity index (χ4n) is 1.41. The van der Waals surface area contributed by atoms with E-state index in [1.165, 1.54) is 29.2 Å². The van der Waals surface area contributed by atoms with Crippen LogP contribution in [0.25, 0.3) is 0 Å². The van der Waals surface area contributed by atoms with Crippen LogP contribution in [0.2, 0.25) is 0 Å². The van der Waals surface area contributed by atoms with Crippen molar-refractivity contribution in [3.63, 3.8) is 0 Å². The summed E-state index contributed by atoms with van der Waals surface area (Å²) in [5.41, 5.74) is 0.370. The highest BCUT2D eigenvalue weighted by Crippen LogP contribution is 2.13. The molecule has 1 rings (SSSR count). The molecule has 0 atom stereocenters. The lowest BCUT2D eigenvalue weighted by Crippen LogP contribution is -2.30. The van der Waals surface area contributed by atoms with Crippen LogP contribution in [0, 0.1) is 10.1 Å². The van der Waals surface area contributed by atoms with E-state index in [9.17, 15) is 14.9 Å². The monoisotopic (exact) mass is 286 g/mol. The van der Waals surface area contributed by atoms with E-state index in [4.69, 9.17) is 16.3 Å². The van der Waals surface area contributed by atoms with E-state index in [1.54, 1.807) is 7.05 Å². The summed E-state index contributed by atoms with van der Waals surface area (Å²) in [6.45, 7) is 1.29. The van der Waals surface area contributed by atoms with Crippen molar-refractivity contribution in [2.75, 3.05) is 32.7 Å². The summed E-state index contributed by atoms with van der Waals surface area (Å²) in [7, 11) is 1.65. The first-order valence-corrected chi connectivity index (χ1v) is 6.23. The average molecular weight is 287 g/mol. The second-order valence-corrected chi connectivity index (χ2v) is 4.21. The first-order valence-electron chi connectivity index (χ1n) is 5.70. The Morgan fingerprint density at radius 2 is 2.00 bits per heavy atom. The molecular formula is C12H15ClN2O4. The molecule has 1 aromatic carbocycles. The largest absolute Gasteiger partial charge is 0.378 e. The number of nitrogens with zero attached hydrogens (tertiary/aromatic N) is 2. The van der Waals surface area contributed by atoms with Gasteiger partial charge in [-0.25, -0.2) is 0 Å². The number of nitro benzene ring substituents is 1. The van der Waals surface area contributed by atoms with Crippen LogP contribution in [0.3, 0.4) is 0 Å². The van der Waals surface area contributed by atoms with Crippen LogP contribution in [0.5, 0.6) is 0 Å². The third kappa shape index (κ3) is 4.84. The van der Waals surface area contributed by atoms with Gasteiger partial charge in [-0.15, -0.1) is 11.6 Å². The van der Waals surface area contributed by atoms with Crippen LogP contribution in [0.1, 0.15) is 10.4 Å². The molecule has 0 radical (unpaired) electrons. The molecule has 19 heavy (non-hydrogen) atoms. The number of ether oxygens (including phenoxy) is 1. The summed E-state index contributed by atoms with van der Waals surface area (Å²) in [5.74, 6) is 0.212. The number of hydrogen-bond donors (Lipinski definition) is 0. The number of hydrogen-bond acceptors (Lipinski definition) is 4. The minimum Gasteiger partial charge on any atom is -0.378 e. The Morgan fingerprint density at radius 3 is 2.53 bits per heavy atom. The van der Waals surface area contributed by atoms with Gasteiger partial charge in [-0.1, -0.05) is 0 Å². The average Bonchev–Trinajstić information content (AvgIpc) is 2.42. The molecule has 0 saturated heterocycles. The number of carbonyl (C=O) groups is 1. The Labute approximate surface area is 116 Å². The third-order valence-electron chi connectivity index (χ3n) is 2.46. The maximum absolute atomic E-state index is 12.0. The molecule has 1 aromatic rings. The number of amides is 1. The maximum Gasteiger partial charge on any atom is 0.269 e. The topological polar surface area (TPSA) is 72.7 Å². The zero-order chi connectivity index (χ0) is 14.3. The number of rotatable bonds is 7. The van der Waals surface area contributed by atoms with Gasteiger partial charge in [0.1, 0.15) is 0 Å². The Kier molecular flexibility index (Phi) is 6.24. The van der Waals surface area contributed by atoms with Gasteiger partial charge in [0.05, 0.1) is 18.1 Å².